The molecule has 8 heteroatoms. The standard InChI is InChI=1S/C20H17F2NO5/c1-11-15(10-18(24)25)16-9-14(27-2)7-8-17(16)23(11)19(26)12-3-5-13(6-4-12)28-20(21)22/h3-9,20H,10H2,1-2H3,(H,24,25). The smallest absolute Gasteiger partial charge is 0.387 e. The lowest BCUT2D eigenvalue weighted by Crippen LogP contribution is -2.14. The molecule has 0 unspecified atom stereocenters. The van der Waals surface area contributed by atoms with Crippen LogP contribution in [-0.4, -0.2) is 35.3 Å². The molecule has 0 radical (unpaired) electrons. The van der Waals surface area contributed by atoms with Crippen LogP contribution in [0.2, 0.25) is 0 Å². The lowest BCUT2D eigenvalue weighted by atomic mass is 10.1. The van der Waals surface area contributed by atoms with E-state index < -0.39 is 18.5 Å². The van der Waals surface area contributed by atoms with E-state index in [1.165, 1.54) is 35.9 Å². The average molecular weight is 389 g/mol. The quantitative estimate of drug-likeness (QED) is 0.692. The number of alkyl halides is 2. The van der Waals surface area contributed by atoms with Crippen LogP contribution in [0.5, 0.6) is 11.5 Å². The minimum atomic E-state index is -2.95. The number of methoxy groups -OCH3 is 1. The summed E-state index contributed by atoms with van der Waals surface area (Å²) in [6, 6.07) is 10.4. The molecule has 1 aromatic heterocycles. The summed E-state index contributed by atoms with van der Waals surface area (Å²) in [4.78, 5) is 24.4. The maximum Gasteiger partial charge on any atom is 0.387 e. The zero-order chi connectivity index (χ0) is 20.4. The van der Waals surface area contributed by atoms with Crippen LogP contribution in [0.25, 0.3) is 10.9 Å². The zero-order valence-electron chi connectivity index (χ0n) is 15.1. The van der Waals surface area contributed by atoms with Gasteiger partial charge in [0, 0.05) is 16.6 Å². The van der Waals surface area contributed by atoms with Gasteiger partial charge in [0.15, 0.2) is 0 Å². The number of hydrogen-bond donors (Lipinski definition) is 1. The van der Waals surface area contributed by atoms with E-state index in [-0.39, 0.29) is 17.7 Å². The van der Waals surface area contributed by atoms with Gasteiger partial charge in [0.1, 0.15) is 11.5 Å². The molecule has 0 saturated carbocycles. The predicted molar refractivity (Wildman–Crippen MR) is 97.4 cm³/mol. The highest BCUT2D eigenvalue weighted by atomic mass is 19.3. The first kappa shape index (κ1) is 19.3. The maximum atomic E-state index is 13.1. The van der Waals surface area contributed by atoms with Crippen LogP contribution in [0.15, 0.2) is 42.5 Å². The fourth-order valence-electron chi connectivity index (χ4n) is 3.13. The summed E-state index contributed by atoms with van der Waals surface area (Å²) in [5, 5.41) is 9.85. The second-order valence-corrected chi connectivity index (χ2v) is 6.06. The van der Waals surface area contributed by atoms with Crippen LogP contribution in [0, 0.1) is 6.92 Å². The minimum absolute atomic E-state index is 0.0584. The van der Waals surface area contributed by atoms with Crippen LogP contribution >= 0.6 is 0 Å². The molecule has 146 valence electrons. The number of nitrogens with zero attached hydrogens (tertiary/aromatic N) is 1. The molecule has 3 aromatic rings. The average Bonchev–Trinajstić information content (AvgIpc) is 2.92. The van der Waals surface area contributed by atoms with E-state index >= 15 is 0 Å². The Balaban J connectivity index is 2.10. The number of fused-ring (bicyclic) bond motifs is 1. The fraction of sp³-hybridized carbons (Fsp3) is 0.200. The number of aliphatic carboxylic acids is 1. The van der Waals surface area contributed by atoms with Crippen molar-refractivity contribution < 1.29 is 33.0 Å². The normalized spacial score (nSPS) is 11.0. The number of carbonyl (C=O) groups excluding carboxylic acids is 1. The zero-order valence-corrected chi connectivity index (χ0v) is 15.1. The molecule has 0 bridgehead atoms. The van der Waals surface area contributed by atoms with Gasteiger partial charge in [-0.1, -0.05) is 0 Å². The number of hydrogen-bond acceptors (Lipinski definition) is 4. The Kier molecular flexibility index (Phi) is 5.30. The molecule has 0 amide bonds. The van der Waals surface area contributed by atoms with Crippen LogP contribution in [0.1, 0.15) is 21.6 Å². The summed E-state index contributed by atoms with van der Waals surface area (Å²) in [6.45, 7) is -1.29. The number of carbonyl (C=O) groups is 2. The van der Waals surface area contributed by atoms with E-state index in [9.17, 15) is 23.5 Å². The lowest BCUT2D eigenvalue weighted by molar-refractivity contribution is -0.136. The molecule has 2 aromatic carbocycles. The van der Waals surface area contributed by atoms with Gasteiger partial charge < -0.3 is 14.6 Å². The molecule has 0 aliphatic heterocycles. The first-order chi connectivity index (χ1) is 13.3. The number of benzene rings is 2. The van der Waals surface area contributed by atoms with E-state index in [1.807, 2.05) is 0 Å². The van der Waals surface area contributed by atoms with Gasteiger partial charge >= 0.3 is 12.6 Å². The molecular formula is C20H17F2NO5. The van der Waals surface area contributed by atoms with Gasteiger partial charge in [0.25, 0.3) is 5.91 Å². The molecule has 0 saturated heterocycles. The molecular weight excluding hydrogens is 372 g/mol. The van der Waals surface area contributed by atoms with Gasteiger partial charge in [-0.15, -0.1) is 0 Å². The molecule has 6 nitrogen and oxygen atoms in total. The summed E-state index contributed by atoms with van der Waals surface area (Å²) in [5.74, 6) is -0.951. The molecule has 28 heavy (non-hydrogen) atoms. The van der Waals surface area contributed by atoms with E-state index in [0.29, 0.717) is 27.9 Å². The first-order valence-corrected chi connectivity index (χ1v) is 8.31. The third-order valence-corrected chi connectivity index (χ3v) is 4.40. The molecule has 1 N–H and O–H groups in total. The van der Waals surface area contributed by atoms with Gasteiger partial charge in [0.05, 0.1) is 19.0 Å². The molecule has 1 heterocycles. The Morgan fingerprint density at radius 2 is 1.75 bits per heavy atom. The highest BCUT2D eigenvalue weighted by Gasteiger charge is 2.22. The van der Waals surface area contributed by atoms with Crippen molar-refractivity contribution in [3.05, 3.63) is 59.3 Å². The Morgan fingerprint density at radius 3 is 2.32 bits per heavy atom. The van der Waals surface area contributed by atoms with Crippen molar-refractivity contribution in [1.29, 1.82) is 0 Å². The highest BCUT2D eigenvalue weighted by Crippen LogP contribution is 2.31. The number of ether oxygens (including phenoxy) is 2. The van der Waals surface area contributed by atoms with Gasteiger partial charge in [-0.3, -0.25) is 14.2 Å². The van der Waals surface area contributed by atoms with E-state index in [2.05, 4.69) is 4.74 Å². The first-order valence-electron chi connectivity index (χ1n) is 8.31. The topological polar surface area (TPSA) is 77.8 Å². The van der Waals surface area contributed by atoms with Crippen molar-refractivity contribution in [2.45, 2.75) is 20.0 Å². The fourth-order valence-corrected chi connectivity index (χ4v) is 3.13. The van der Waals surface area contributed by atoms with Gasteiger partial charge in [0.2, 0.25) is 0 Å². The minimum Gasteiger partial charge on any atom is -0.497 e. The van der Waals surface area contributed by atoms with Crippen LogP contribution in [0.4, 0.5) is 8.78 Å². The SMILES string of the molecule is COc1ccc2c(c1)c(CC(=O)O)c(C)n2C(=O)c1ccc(OC(F)F)cc1. The Bertz CT molecular complexity index is 1040. The van der Waals surface area contributed by atoms with Crippen molar-refractivity contribution >= 4 is 22.8 Å². The summed E-state index contributed by atoms with van der Waals surface area (Å²) < 4.78 is 35.5. The van der Waals surface area contributed by atoms with E-state index in [0.717, 1.165) is 0 Å². The van der Waals surface area contributed by atoms with Crippen molar-refractivity contribution in [3.63, 3.8) is 0 Å². The van der Waals surface area contributed by atoms with Crippen molar-refractivity contribution in [3.8, 4) is 11.5 Å². The van der Waals surface area contributed by atoms with E-state index in [4.69, 9.17) is 4.74 Å². The molecule has 0 aliphatic carbocycles. The van der Waals surface area contributed by atoms with Gasteiger partial charge in [-0.05, 0) is 55.0 Å². The molecule has 0 atom stereocenters. The summed E-state index contributed by atoms with van der Waals surface area (Å²) >= 11 is 0. The molecule has 0 aliphatic rings. The maximum absolute atomic E-state index is 13.1. The molecule has 0 fully saturated rings. The monoisotopic (exact) mass is 389 g/mol. The summed E-state index contributed by atoms with van der Waals surface area (Å²) in [7, 11) is 1.50. The van der Waals surface area contributed by atoms with Crippen molar-refractivity contribution in [2.24, 2.45) is 0 Å². The molecule has 3 rings (SSSR count). The lowest BCUT2D eigenvalue weighted by Gasteiger charge is -2.09. The molecule has 0 spiro atoms. The van der Waals surface area contributed by atoms with Crippen LogP contribution in [-0.2, 0) is 11.2 Å². The third-order valence-electron chi connectivity index (χ3n) is 4.40. The number of carboxylic acid groups (broad SMARTS) is 1. The van der Waals surface area contributed by atoms with Crippen molar-refractivity contribution in [1.82, 2.24) is 4.57 Å². The number of aromatic nitrogens is 1. The van der Waals surface area contributed by atoms with Gasteiger partial charge in [-0.2, -0.15) is 8.78 Å². The van der Waals surface area contributed by atoms with Gasteiger partial charge in [-0.25, -0.2) is 0 Å². The highest BCUT2D eigenvalue weighted by molar-refractivity contribution is 6.05. The largest absolute Gasteiger partial charge is 0.497 e. The Morgan fingerprint density at radius 1 is 1.11 bits per heavy atom. The third kappa shape index (κ3) is 3.66. The second kappa shape index (κ2) is 7.67. The Labute approximate surface area is 158 Å². The number of carboxylic acids is 1. The van der Waals surface area contributed by atoms with E-state index in [1.54, 1.807) is 25.1 Å². The predicted octanol–water partition coefficient (Wildman–Crippen LogP) is 3.88. The van der Waals surface area contributed by atoms with Crippen LogP contribution in [0.3, 0.4) is 0 Å². The van der Waals surface area contributed by atoms with Crippen LogP contribution < -0.4 is 9.47 Å². The number of rotatable bonds is 6. The summed E-state index contributed by atoms with van der Waals surface area (Å²) in [5.41, 5.74) is 1.78. The number of halogens is 2. The summed E-state index contributed by atoms with van der Waals surface area (Å²) in [6.07, 6.45) is -0.253. The van der Waals surface area contributed by atoms with Crippen molar-refractivity contribution in [2.75, 3.05) is 7.11 Å². The second-order valence-electron chi connectivity index (χ2n) is 6.06. The Hall–Kier alpha value is -3.42.